The number of rotatable bonds is 6. The zero-order valence-electron chi connectivity index (χ0n) is 10.7. The van der Waals surface area contributed by atoms with Gasteiger partial charge in [0.25, 0.3) is 0 Å². The first-order valence-corrected chi connectivity index (χ1v) is 6.98. The van der Waals surface area contributed by atoms with Gasteiger partial charge in [0.05, 0.1) is 5.25 Å². The zero-order valence-corrected chi connectivity index (χ0v) is 11.5. The smallest absolute Gasteiger partial charge is 0.233 e. The van der Waals surface area contributed by atoms with Crippen LogP contribution in [-0.2, 0) is 4.79 Å². The van der Waals surface area contributed by atoms with Crippen molar-refractivity contribution in [3.8, 4) is 0 Å². The van der Waals surface area contributed by atoms with Crippen molar-refractivity contribution in [3.05, 3.63) is 18.5 Å². The first kappa shape index (κ1) is 13.1. The van der Waals surface area contributed by atoms with E-state index in [4.69, 9.17) is 0 Å². The molecule has 1 aliphatic rings. The fourth-order valence-electron chi connectivity index (χ4n) is 1.71. The summed E-state index contributed by atoms with van der Waals surface area (Å²) in [5.74, 6) is 0.932. The number of amides is 1. The second-order valence-electron chi connectivity index (χ2n) is 4.42. The van der Waals surface area contributed by atoms with E-state index >= 15 is 0 Å². The molecule has 1 aromatic rings. The van der Waals surface area contributed by atoms with E-state index in [-0.39, 0.29) is 11.2 Å². The number of hydrogen-bond donors (Lipinski definition) is 1. The normalized spacial score (nSPS) is 16.3. The van der Waals surface area contributed by atoms with Gasteiger partial charge in [-0.15, -0.1) is 16.8 Å². The van der Waals surface area contributed by atoms with Crippen LogP contribution in [0.3, 0.4) is 0 Å². The Morgan fingerprint density at radius 1 is 1.67 bits per heavy atom. The molecule has 18 heavy (non-hydrogen) atoms. The monoisotopic (exact) mass is 266 g/mol. The highest BCUT2D eigenvalue weighted by Gasteiger charge is 2.29. The molecular weight excluding hydrogens is 248 g/mol. The fraction of sp³-hybridized carbons (Fsp3) is 0.583. The molecule has 0 radical (unpaired) electrons. The van der Waals surface area contributed by atoms with Crippen molar-refractivity contribution in [2.24, 2.45) is 0 Å². The van der Waals surface area contributed by atoms with Crippen LogP contribution in [0.5, 0.6) is 0 Å². The molecule has 1 amide bonds. The largest absolute Gasteiger partial charge is 0.352 e. The molecule has 1 aromatic heterocycles. The summed E-state index contributed by atoms with van der Waals surface area (Å²) in [6, 6.07) is 0.533. The molecule has 0 aromatic carbocycles. The minimum absolute atomic E-state index is 0.00269. The molecule has 0 bridgehead atoms. The van der Waals surface area contributed by atoms with E-state index in [0.29, 0.717) is 12.6 Å². The van der Waals surface area contributed by atoms with Crippen LogP contribution >= 0.6 is 11.8 Å². The van der Waals surface area contributed by atoms with E-state index in [1.807, 2.05) is 13.8 Å². The first-order chi connectivity index (χ1) is 8.63. The second kappa shape index (κ2) is 5.56. The summed E-state index contributed by atoms with van der Waals surface area (Å²) in [6.07, 6.45) is 4.04. The number of nitrogens with one attached hydrogen (secondary N) is 1. The zero-order chi connectivity index (χ0) is 13.1. The molecule has 0 unspecified atom stereocenters. The maximum atomic E-state index is 11.8. The summed E-state index contributed by atoms with van der Waals surface area (Å²) >= 11 is 1.46. The van der Waals surface area contributed by atoms with Gasteiger partial charge in [-0.05, 0) is 26.7 Å². The van der Waals surface area contributed by atoms with Gasteiger partial charge in [-0.1, -0.05) is 17.8 Å². The van der Waals surface area contributed by atoms with Gasteiger partial charge in [-0.2, -0.15) is 0 Å². The van der Waals surface area contributed by atoms with Gasteiger partial charge in [0.1, 0.15) is 5.82 Å². The third-order valence-corrected chi connectivity index (χ3v) is 3.88. The van der Waals surface area contributed by atoms with Gasteiger partial charge >= 0.3 is 0 Å². The van der Waals surface area contributed by atoms with Gasteiger partial charge in [0.2, 0.25) is 5.91 Å². The fourth-order valence-corrected chi connectivity index (χ4v) is 2.70. The molecule has 2 rings (SSSR count). The average molecular weight is 266 g/mol. The van der Waals surface area contributed by atoms with Crippen LogP contribution in [0.25, 0.3) is 0 Å². The lowest BCUT2D eigenvalue weighted by Crippen LogP contribution is -2.31. The molecule has 1 saturated carbocycles. The Balaban J connectivity index is 2.00. The van der Waals surface area contributed by atoms with E-state index < -0.39 is 0 Å². The van der Waals surface area contributed by atoms with Crippen molar-refractivity contribution in [1.82, 2.24) is 20.1 Å². The summed E-state index contributed by atoms with van der Waals surface area (Å²) in [4.78, 5) is 11.8. The Bertz CT molecular complexity index is 453. The predicted molar refractivity (Wildman–Crippen MR) is 71.6 cm³/mol. The molecule has 1 N–H and O–H groups in total. The number of carbonyl (C=O) groups excluding carboxylic acids is 1. The lowest BCUT2D eigenvalue weighted by molar-refractivity contribution is -0.120. The average Bonchev–Trinajstić information content (AvgIpc) is 3.12. The molecule has 1 heterocycles. The predicted octanol–water partition coefficient (Wildman–Crippen LogP) is 1.70. The molecule has 0 spiro atoms. The molecule has 6 heteroatoms. The van der Waals surface area contributed by atoms with E-state index in [1.165, 1.54) is 24.6 Å². The number of carbonyl (C=O) groups is 1. The Hall–Kier alpha value is -1.30. The highest BCUT2D eigenvalue weighted by atomic mass is 32.2. The summed E-state index contributed by atoms with van der Waals surface area (Å²) in [7, 11) is 0. The lowest BCUT2D eigenvalue weighted by atomic mass is 10.4. The van der Waals surface area contributed by atoms with Crippen molar-refractivity contribution in [2.45, 2.75) is 43.1 Å². The molecule has 1 atom stereocenters. The summed E-state index contributed by atoms with van der Waals surface area (Å²) in [5.41, 5.74) is 0. The van der Waals surface area contributed by atoms with Crippen LogP contribution in [0.1, 0.15) is 31.6 Å². The number of hydrogen-bond acceptors (Lipinski definition) is 4. The van der Waals surface area contributed by atoms with E-state index in [0.717, 1.165) is 11.0 Å². The summed E-state index contributed by atoms with van der Waals surface area (Å²) < 4.78 is 2.14. The van der Waals surface area contributed by atoms with Gasteiger partial charge < -0.3 is 9.88 Å². The van der Waals surface area contributed by atoms with Crippen molar-refractivity contribution in [1.29, 1.82) is 0 Å². The number of aryl methyl sites for hydroxylation is 1. The molecule has 0 saturated heterocycles. The van der Waals surface area contributed by atoms with Crippen molar-refractivity contribution < 1.29 is 4.79 Å². The van der Waals surface area contributed by atoms with Crippen LogP contribution in [0.4, 0.5) is 0 Å². The Morgan fingerprint density at radius 3 is 3.00 bits per heavy atom. The van der Waals surface area contributed by atoms with Gasteiger partial charge in [0.15, 0.2) is 5.16 Å². The number of aromatic nitrogens is 3. The van der Waals surface area contributed by atoms with Crippen LogP contribution in [-0.4, -0.2) is 32.5 Å². The van der Waals surface area contributed by atoms with Crippen LogP contribution in [0, 0.1) is 6.92 Å². The van der Waals surface area contributed by atoms with E-state index in [9.17, 15) is 4.79 Å². The van der Waals surface area contributed by atoms with Crippen LogP contribution in [0.15, 0.2) is 17.8 Å². The molecule has 1 fully saturated rings. The number of nitrogens with zero attached hydrogens (tertiary/aromatic N) is 3. The molecule has 0 aliphatic heterocycles. The third kappa shape index (κ3) is 2.93. The summed E-state index contributed by atoms with van der Waals surface area (Å²) in [5, 5.41) is 11.7. The standard InChI is InChI=1S/C12H18N4OS/c1-4-7-13-11(17)8(2)18-12-15-14-9(3)16(12)10-5-6-10/h4,8,10H,1,5-7H2,2-3H3,(H,13,17)/t8-/m1/s1. The molecule has 98 valence electrons. The van der Waals surface area contributed by atoms with Gasteiger partial charge in [0, 0.05) is 12.6 Å². The van der Waals surface area contributed by atoms with Crippen molar-refractivity contribution >= 4 is 17.7 Å². The Morgan fingerprint density at radius 2 is 2.39 bits per heavy atom. The number of thioether (sulfide) groups is 1. The molecule has 1 aliphatic carbocycles. The molecular formula is C12H18N4OS. The van der Waals surface area contributed by atoms with Crippen molar-refractivity contribution in [2.75, 3.05) is 6.54 Å². The third-order valence-electron chi connectivity index (χ3n) is 2.82. The quantitative estimate of drug-likeness (QED) is 0.629. The van der Waals surface area contributed by atoms with Gasteiger partial charge in [-0.3, -0.25) is 4.79 Å². The second-order valence-corrected chi connectivity index (χ2v) is 5.73. The minimum Gasteiger partial charge on any atom is -0.352 e. The highest BCUT2D eigenvalue weighted by Crippen LogP contribution is 2.39. The maximum Gasteiger partial charge on any atom is 0.233 e. The molecule has 5 nitrogen and oxygen atoms in total. The van der Waals surface area contributed by atoms with E-state index in [2.05, 4.69) is 26.7 Å². The summed E-state index contributed by atoms with van der Waals surface area (Å²) in [6.45, 7) is 7.91. The van der Waals surface area contributed by atoms with Crippen LogP contribution in [0.2, 0.25) is 0 Å². The van der Waals surface area contributed by atoms with E-state index in [1.54, 1.807) is 6.08 Å². The SMILES string of the molecule is C=CCNC(=O)[C@@H](C)Sc1nnc(C)n1C1CC1. The topological polar surface area (TPSA) is 59.8 Å². The minimum atomic E-state index is -0.175. The maximum absolute atomic E-state index is 11.8. The first-order valence-electron chi connectivity index (χ1n) is 6.10. The van der Waals surface area contributed by atoms with Gasteiger partial charge in [-0.25, -0.2) is 0 Å². The Kier molecular flexibility index (Phi) is 4.06. The highest BCUT2D eigenvalue weighted by molar-refractivity contribution is 8.00. The lowest BCUT2D eigenvalue weighted by Gasteiger charge is -2.11. The van der Waals surface area contributed by atoms with Crippen molar-refractivity contribution in [3.63, 3.8) is 0 Å². The Labute approximate surface area is 111 Å². The van der Waals surface area contributed by atoms with Crippen LogP contribution < -0.4 is 5.32 Å².